The first-order valence-electron chi connectivity index (χ1n) is 12.0. The van der Waals surface area contributed by atoms with E-state index in [-0.39, 0.29) is 37.1 Å². The number of imide groups is 1. The quantitative estimate of drug-likeness (QED) is 0.540. The van der Waals surface area contributed by atoms with Gasteiger partial charge >= 0.3 is 0 Å². The second-order valence-electron chi connectivity index (χ2n) is 9.69. The number of nitrogens with zero attached hydrogens (tertiary/aromatic N) is 3. The van der Waals surface area contributed by atoms with Crippen LogP contribution in [0.25, 0.3) is 4.85 Å². The van der Waals surface area contributed by atoms with Crippen LogP contribution in [0.15, 0.2) is 30.3 Å². The van der Waals surface area contributed by atoms with Crippen LogP contribution in [0.3, 0.4) is 0 Å². The number of hydrogen-bond acceptors (Lipinski definition) is 4. The highest BCUT2D eigenvalue weighted by atomic mass is 19.1. The topological polar surface area (TPSA) is 74.1 Å². The average molecular weight is 475 g/mol. The molecule has 3 heterocycles. The number of carbonyl (C=O) groups is 3. The van der Waals surface area contributed by atoms with Gasteiger partial charge in [-0.05, 0) is 74.0 Å². The van der Waals surface area contributed by atoms with Gasteiger partial charge in [0.1, 0.15) is 11.9 Å². The monoisotopic (exact) mass is 474 g/mol. The zero-order valence-electron chi connectivity index (χ0n) is 19.6. The zero-order valence-corrected chi connectivity index (χ0v) is 19.6. The summed E-state index contributed by atoms with van der Waals surface area (Å²) in [5.41, 5.74) is 4.96. The molecule has 3 aliphatic heterocycles. The molecule has 0 aromatic heterocycles. The fourth-order valence-corrected chi connectivity index (χ4v) is 5.59. The number of fused-ring (bicyclic) bond motifs is 1. The second-order valence-corrected chi connectivity index (χ2v) is 9.69. The summed E-state index contributed by atoms with van der Waals surface area (Å²) in [6.07, 6.45) is 2.18. The maximum Gasteiger partial charge on any atom is 0.255 e. The van der Waals surface area contributed by atoms with E-state index >= 15 is 0 Å². The van der Waals surface area contributed by atoms with Crippen LogP contribution < -0.4 is 5.32 Å². The number of likely N-dealkylation sites (tertiary alicyclic amines) is 1. The van der Waals surface area contributed by atoms with Crippen LogP contribution in [0.5, 0.6) is 0 Å². The SMILES string of the molecule is [C-]#[N+]c1ccc(CN2CCC(c3cc(F)cc4c3CN(C3CCC(=O)NC3=O)C4=O)CC2)c(C)c1. The van der Waals surface area contributed by atoms with Crippen molar-refractivity contribution >= 4 is 23.4 Å². The molecule has 0 spiro atoms. The van der Waals surface area contributed by atoms with E-state index in [0.29, 0.717) is 11.3 Å². The van der Waals surface area contributed by atoms with Crippen LogP contribution in [-0.2, 0) is 22.7 Å². The van der Waals surface area contributed by atoms with Crippen molar-refractivity contribution in [1.29, 1.82) is 0 Å². The molecule has 0 bridgehead atoms. The van der Waals surface area contributed by atoms with Crippen LogP contribution in [0.4, 0.5) is 10.1 Å². The van der Waals surface area contributed by atoms with Crippen molar-refractivity contribution in [2.45, 2.75) is 57.7 Å². The molecule has 8 heteroatoms. The van der Waals surface area contributed by atoms with Gasteiger partial charge in [0.2, 0.25) is 11.8 Å². The van der Waals surface area contributed by atoms with E-state index in [9.17, 15) is 18.8 Å². The van der Waals surface area contributed by atoms with Gasteiger partial charge in [-0.2, -0.15) is 0 Å². The van der Waals surface area contributed by atoms with Gasteiger partial charge in [0, 0.05) is 25.1 Å². The third kappa shape index (κ3) is 4.44. The Labute approximate surface area is 203 Å². The van der Waals surface area contributed by atoms with Crippen LogP contribution in [0.2, 0.25) is 0 Å². The van der Waals surface area contributed by atoms with Crippen LogP contribution >= 0.6 is 0 Å². The maximum atomic E-state index is 14.6. The second kappa shape index (κ2) is 9.23. The van der Waals surface area contributed by atoms with Crippen molar-refractivity contribution in [1.82, 2.24) is 15.1 Å². The fourth-order valence-electron chi connectivity index (χ4n) is 5.59. The molecule has 5 rings (SSSR count). The Balaban J connectivity index is 1.30. The van der Waals surface area contributed by atoms with Gasteiger partial charge in [-0.15, -0.1) is 0 Å². The van der Waals surface area contributed by atoms with Crippen LogP contribution in [0, 0.1) is 19.3 Å². The Morgan fingerprint density at radius 2 is 1.89 bits per heavy atom. The van der Waals surface area contributed by atoms with Gasteiger partial charge in [-0.1, -0.05) is 23.8 Å². The molecular formula is C27H27FN4O3. The normalized spacial score (nSPS) is 21.1. The minimum atomic E-state index is -0.706. The first-order chi connectivity index (χ1) is 16.8. The summed E-state index contributed by atoms with van der Waals surface area (Å²) in [7, 11) is 0. The molecule has 2 aromatic carbocycles. The Hall–Kier alpha value is -3.57. The van der Waals surface area contributed by atoms with Gasteiger partial charge in [0.05, 0.1) is 6.57 Å². The Morgan fingerprint density at radius 1 is 1.11 bits per heavy atom. The summed E-state index contributed by atoms with van der Waals surface area (Å²) in [4.78, 5) is 44.4. The number of nitrogens with one attached hydrogen (secondary N) is 1. The maximum absolute atomic E-state index is 14.6. The summed E-state index contributed by atoms with van der Waals surface area (Å²) in [6, 6.07) is 7.90. The molecule has 3 amide bonds. The standard InChI is InChI=1S/C27H27FN4O3/c1-16-11-20(29-2)4-3-18(16)14-31-9-7-17(8-10-31)21-12-19(28)13-22-23(21)15-32(27(22)35)24-5-6-25(33)30-26(24)34/h3-4,11-13,17,24H,5-10,14-15H2,1H3,(H,30,33,34). The first-order valence-corrected chi connectivity index (χ1v) is 12.0. The van der Waals surface area contributed by atoms with Crippen molar-refractivity contribution < 1.29 is 18.8 Å². The van der Waals surface area contributed by atoms with Gasteiger partial charge in [0.25, 0.3) is 5.91 Å². The highest BCUT2D eigenvalue weighted by Crippen LogP contribution is 2.38. The fraction of sp³-hybridized carbons (Fsp3) is 0.407. The zero-order chi connectivity index (χ0) is 24.7. The molecule has 2 aromatic rings. The van der Waals surface area contributed by atoms with E-state index in [1.165, 1.54) is 16.5 Å². The lowest BCUT2D eigenvalue weighted by atomic mass is 9.85. The van der Waals surface area contributed by atoms with E-state index < -0.39 is 17.8 Å². The summed E-state index contributed by atoms with van der Waals surface area (Å²) >= 11 is 0. The molecule has 1 unspecified atom stereocenters. The van der Waals surface area contributed by atoms with Crippen molar-refractivity contribution in [2.24, 2.45) is 0 Å². The molecule has 0 aliphatic carbocycles. The van der Waals surface area contributed by atoms with Gasteiger partial charge in [-0.25, -0.2) is 9.24 Å². The Bertz CT molecular complexity index is 1260. The summed E-state index contributed by atoms with van der Waals surface area (Å²) in [5.74, 6) is -1.43. The van der Waals surface area contributed by atoms with Gasteiger partial charge in [-0.3, -0.25) is 24.6 Å². The van der Waals surface area contributed by atoms with Crippen molar-refractivity contribution in [3.05, 3.63) is 75.4 Å². The van der Waals surface area contributed by atoms with Crippen LogP contribution in [0.1, 0.15) is 64.2 Å². The minimum Gasteiger partial charge on any atom is -0.322 e. The van der Waals surface area contributed by atoms with E-state index in [4.69, 9.17) is 6.57 Å². The number of hydrogen-bond donors (Lipinski definition) is 1. The molecular weight excluding hydrogens is 447 g/mol. The lowest BCUT2D eigenvalue weighted by molar-refractivity contribution is -0.136. The molecule has 7 nitrogen and oxygen atoms in total. The van der Waals surface area contributed by atoms with Gasteiger partial charge < -0.3 is 4.90 Å². The lowest BCUT2D eigenvalue weighted by Crippen LogP contribution is -2.52. The number of aryl methyl sites for hydroxylation is 1. The van der Waals surface area contributed by atoms with Crippen molar-refractivity contribution in [2.75, 3.05) is 13.1 Å². The molecule has 3 aliphatic rings. The van der Waals surface area contributed by atoms with E-state index in [0.717, 1.165) is 49.2 Å². The third-order valence-corrected chi connectivity index (χ3v) is 7.53. The van der Waals surface area contributed by atoms with Crippen molar-refractivity contribution in [3.8, 4) is 0 Å². The molecule has 1 N–H and O–H groups in total. The average Bonchev–Trinajstić information content (AvgIpc) is 3.16. The van der Waals surface area contributed by atoms with E-state index in [2.05, 4.69) is 15.1 Å². The third-order valence-electron chi connectivity index (χ3n) is 7.53. The molecule has 0 saturated carbocycles. The number of piperidine rings is 2. The number of benzene rings is 2. The highest BCUT2D eigenvalue weighted by molar-refractivity contribution is 6.05. The summed E-state index contributed by atoms with van der Waals surface area (Å²) in [5, 5.41) is 2.31. The van der Waals surface area contributed by atoms with Crippen molar-refractivity contribution in [3.63, 3.8) is 0 Å². The van der Waals surface area contributed by atoms with Gasteiger partial charge in [0.15, 0.2) is 5.69 Å². The number of halogens is 1. The number of rotatable bonds is 4. The first kappa shape index (κ1) is 23.2. The molecule has 0 radical (unpaired) electrons. The van der Waals surface area contributed by atoms with E-state index in [1.54, 1.807) is 6.07 Å². The molecule has 35 heavy (non-hydrogen) atoms. The predicted molar refractivity (Wildman–Crippen MR) is 127 cm³/mol. The Kier molecular flexibility index (Phi) is 6.12. The molecule has 180 valence electrons. The highest BCUT2D eigenvalue weighted by Gasteiger charge is 2.41. The largest absolute Gasteiger partial charge is 0.322 e. The number of amides is 3. The molecule has 1 atom stereocenters. The summed E-state index contributed by atoms with van der Waals surface area (Å²) in [6.45, 7) is 12.0. The smallest absolute Gasteiger partial charge is 0.255 e. The molecule has 2 fully saturated rings. The predicted octanol–water partition coefficient (Wildman–Crippen LogP) is 3.83. The lowest BCUT2D eigenvalue weighted by Gasteiger charge is -2.33. The number of carbonyl (C=O) groups excluding carboxylic acids is 3. The summed E-state index contributed by atoms with van der Waals surface area (Å²) < 4.78 is 14.6. The van der Waals surface area contributed by atoms with Crippen LogP contribution in [-0.4, -0.2) is 46.7 Å². The minimum absolute atomic E-state index is 0.135. The molecule has 2 saturated heterocycles. The Morgan fingerprint density at radius 3 is 2.57 bits per heavy atom. The van der Waals surface area contributed by atoms with E-state index in [1.807, 2.05) is 25.1 Å².